The summed E-state index contributed by atoms with van der Waals surface area (Å²) in [6.07, 6.45) is 5.71. The molecule has 2 fully saturated rings. The van der Waals surface area contributed by atoms with Gasteiger partial charge in [0.25, 0.3) is 5.91 Å². The van der Waals surface area contributed by atoms with Crippen LogP contribution < -0.4 is 5.32 Å². The molecule has 16 heavy (non-hydrogen) atoms. The van der Waals surface area contributed by atoms with E-state index in [1.165, 1.54) is 25.7 Å². The Kier molecular flexibility index (Phi) is 2.70. The third-order valence-corrected chi connectivity index (χ3v) is 5.26. The third-order valence-electron chi connectivity index (χ3n) is 4.25. The molecule has 3 nitrogen and oxygen atoms in total. The van der Waals surface area contributed by atoms with E-state index in [0.717, 1.165) is 29.5 Å². The number of thioether (sulfide) groups is 1. The molecule has 4 heteroatoms. The molecule has 2 bridgehead atoms. The standard InChI is InChI=1S/C12H18N2OS/c1-7-11(15)14-12(16-7)13-6-10-5-8-2-3-9(10)4-8/h7-10H,2-6H2,1H3,(H,13,14,15)/t7-,8+,9-,10+/m0/s1. The maximum absolute atomic E-state index is 11.3. The van der Waals surface area contributed by atoms with Crippen molar-refractivity contribution in [3.63, 3.8) is 0 Å². The number of carbonyl (C=O) groups excluding carboxylic acids is 1. The quantitative estimate of drug-likeness (QED) is 0.800. The van der Waals surface area contributed by atoms with Gasteiger partial charge in [-0.25, -0.2) is 0 Å². The van der Waals surface area contributed by atoms with E-state index in [2.05, 4.69) is 10.3 Å². The lowest BCUT2D eigenvalue weighted by atomic mass is 9.89. The summed E-state index contributed by atoms with van der Waals surface area (Å²) in [5, 5.41) is 4.23. The van der Waals surface area contributed by atoms with Crippen LogP contribution in [-0.2, 0) is 4.79 Å². The van der Waals surface area contributed by atoms with E-state index >= 15 is 0 Å². The molecule has 0 saturated heterocycles. The molecule has 3 aliphatic rings. The lowest BCUT2D eigenvalue weighted by molar-refractivity contribution is -0.116. The molecular weight excluding hydrogens is 220 g/mol. The van der Waals surface area contributed by atoms with Crippen molar-refractivity contribution in [3.8, 4) is 0 Å². The van der Waals surface area contributed by atoms with E-state index in [4.69, 9.17) is 0 Å². The number of nitrogens with zero attached hydrogens (tertiary/aromatic N) is 1. The summed E-state index contributed by atoms with van der Waals surface area (Å²) in [7, 11) is 0. The molecule has 1 aliphatic heterocycles. The first-order valence-corrected chi connectivity index (χ1v) is 7.13. The zero-order valence-corrected chi connectivity index (χ0v) is 10.4. The predicted molar refractivity (Wildman–Crippen MR) is 66.4 cm³/mol. The molecular formula is C12H18N2OS. The molecule has 0 radical (unpaired) electrons. The van der Waals surface area contributed by atoms with Gasteiger partial charge >= 0.3 is 0 Å². The Morgan fingerprint density at radius 2 is 2.31 bits per heavy atom. The first-order chi connectivity index (χ1) is 7.72. The molecule has 3 rings (SSSR count). The number of hydrogen-bond donors (Lipinski definition) is 1. The monoisotopic (exact) mass is 238 g/mol. The zero-order valence-electron chi connectivity index (χ0n) is 9.61. The molecule has 2 aliphatic carbocycles. The van der Waals surface area contributed by atoms with Crippen molar-refractivity contribution in [2.45, 2.75) is 37.9 Å². The summed E-state index contributed by atoms with van der Waals surface area (Å²) < 4.78 is 0. The Hall–Kier alpha value is -0.510. The lowest BCUT2D eigenvalue weighted by Crippen LogP contribution is -2.29. The molecule has 0 aromatic heterocycles. The first kappa shape index (κ1) is 10.6. The van der Waals surface area contributed by atoms with E-state index in [-0.39, 0.29) is 11.2 Å². The van der Waals surface area contributed by atoms with Crippen molar-refractivity contribution < 1.29 is 4.79 Å². The molecule has 0 aromatic rings. The van der Waals surface area contributed by atoms with Crippen LogP contribution >= 0.6 is 11.8 Å². The maximum atomic E-state index is 11.3. The second-order valence-electron chi connectivity index (χ2n) is 5.33. The largest absolute Gasteiger partial charge is 0.364 e. The van der Waals surface area contributed by atoms with Crippen LogP contribution in [0.2, 0.25) is 0 Å². The summed E-state index contributed by atoms with van der Waals surface area (Å²) in [6.45, 7) is 2.94. The first-order valence-electron chi connectivity index (χ1n) is 6.25. The number of aliphatic imine (C=N–C) groups is 1. The van der Waals surface area contributed by atoms with Gasteiger partial charge in [-0.15, -0.1) is 0 Å². The molecule has 1 N–H and O–H groups in total. The van der Waals surface area contributed by atoms with Gasteiger partial charge in [0, 0.05) is 6.54 Å². The van der Waals surface area contributed by atoms with Gasteiger partial charge in [0.15, 0.2) is 5.17 Å². The van der Waals surface area contributed by atoms with Gasteiger partial charge in [-0.05, 0) is 43.9 Å². The summed E-state index contributed by atoms with van der Waals surface area (Å²) in [4.78, 5) is 15.3. The van der Waals surface area contributed by atoms with E-state index < -0.39 is 0 Å². The van der Waals surface area contributed by atoms with Crippen molar-refractivity contribution in [1.29, 1.82) is 0 Å². The zero-order chi connectivity index (χ0) is 11.1. The summed E-state index contributed by atoms with van der Waals surface area (Å²) >= 11 is 1.57. The van der Waals surface area contributed by atoms with E-state index in [9.17, 15) is 4.79 Å². The van der Waals surface area contributed by atoms with E-state index in [1.54, 1.807) is 11.8 Å². The third kappa shape index (κ3) is 1.88. The minimum atomic E-state index is 0.0143. The van der Waals surface area contributed by atoms with Gasteiger partial charge in [-0.1, -0.05) is 18.2 Å². The highest BCUT2D eigenvalue weighted by Crippen LogP contribution is 2.48. The Morgan fingerprint density at radius 1 is 1.44 bits per heavy atom. The predicted octanol–water partition coefficient (Wildman–Crippen LogP) is 2.03. The molecule has 0 aromatic carbocycles. The summed E-state index contributed by atoms with van der Waals surface area (Å²) in [5.74, 6) is 2.78. The van der Waals surface area contributed by atoms with E-state index in [1.807, 2.05) is 6.92 Å². The van der Waals surface area contributed by atoms with E-state index in [0.29, 0.717) is 0 Å². The summed E-state index contributed by atoms with van der Waals surface area (Å²) in [6, 6.07) is 0. The number of fused-ring (bicyclic) bond motifs is 2. The fourth-order valence-electron chi connectivity index (χ4n) is 3.36. The molecule has 2 saturated carbocycles. The smallest absolute Gasteiger partial charge is 0.261 e. The van der Waals surface area contributed by atoms with Gasteiger partial charge in [-0.2, -0.15) is 4.99 Å². The van der Waals surface area contributed by atoms with Crippen molar-refractivity contribution in [2.24, 2.45) is 22.7 Å². The van der Waals surface area contributed by atoms with Gasteiger partial charge in [-0.3, -0.25) is 4.79 Å². The molecule has 1 amide bonds. The average molecular weight is 238 g/mol. The van der Waals surface area contributed by atoms with Crippen molar-refractivity contribution >= 4 is 22.8 Å². The minimum Gasteiger partial charge on any atom is -0.364 e. The van der Waals surface area contributed by atoms with Gasteiger partial charge in [0.2, 0.25) is 0 Å². The SMILES string of the molecule is C[C@@H]1SC(NC[C@H]2C[C@@H]3CC[C@H]2C3)=NC1=O. The van der Waals surface area contributed by atoms with Crippen LogP contribution in [0, 0.1) is 17.8 Å². The van der Waals surface area contributed by atoms with Crippen LogP contribution in [0.4, 0.5) is 0 Å². The van der Waals surface area contributed by atoms with Crippen LogP contribution in [0.1, 0.15) is 32.6 Å². The lowest BCUT2D eigenvalue weighted by Gasteiger charge is -2.22. The van der Waals surface area contributed by atoms with Crippen LogP contribution in [-0.4, -0.2) is 22.9 Å². The van der Waals surface area contributed by atoms with Crippen molar-refractivity contribution in [2.75, 3.05) is 6.54 Å². The fourth-order valence-corrected chi connectivity index (χ4v) is 4.16. The van der Waals surface area contributed by atoms with Crippen LogP contribution in [0.3, 0.4) is 0 Å². The Labute approximate surface area is 100 Å². The highest BCUT2D eigenvalue weighted by molar-refractivity contribution is 8.15. The normalized spacial score (nSPS) is 41.6. The molecule has 4 atom stereocenters. The Bertz CT molecular complexity index is 342. The number of amidine groups is 1. The van der Waals surface area contributed by atoms with Crippen molar-refractivity contribution in [3.05, 3.63) is 0 Å². The van der Waals surface area contributed by atoms with Crippen LogP contribution in [0.15, 0.2) is 4.99 Å². The highest BCUT2D eigenvalue weighted by atomic mass is 32.2. The molecule has 0 unspecified atom stereocenters. The molecule has 88 valence electrons. The number of hydrogen-bond acceptors (Lipinski definition) is 3. The number of rotatable bonds is 2. The minimum absolute atomic E-state index is 0.0143. The molecule has 1 heterocycles. The van der Waals surface area contributed by atoms with Gasteiger partial charge < -0.3 is 5.32 Å². The fraction of sp³-hybridized carbons (Fsp3) is 0.833. The average Bonchev–Trinajstić information content (AvgIpc) is 2.92. The Morgan fingerprint density at radius 3 is 2.88 bits per heavy atom. The van der Waals surface area contributed by atoms with Crippen LogP contribution in [0.25, 0.3) is 0 Å². The number of carbonyl (C=O) groups is 1. The van der Waals surface area contributed by atoms with Gasteiger partial charge in [0.1, 0.15) is 0 Å². The second-order valence-corrected chi connectivity index (χ2v) is 6.66. The van der Waals surface area contributed by atoms with Crippen LogP contribution in [0.5, 0.6) is 0 Å². The van der Waals surface area contributed by atoms with Gasteiger partial charge in [0.05, 0.1) is 5.25 Å². The highest BCUT2D eigenvalue weighted by Gasteiger charge is 2.39. The van der Waals surface area contributed by atoms with Crippen molar-refractivity contribution in [1.82, 2.24) is 5.32 Å². The molecule has 0 spiro atoms. The Balaban J connectivity index is 1.51. The summed E-state index contributed by atoms with van der Waals surface area (Å²) in [5.41, 5.74) is 0. The maximum Gasteiger partial charge on any atom is 0.261 e. The number of nitrogens with one attached hydrogen (secondary N) is 1. The second kappa shape index (κ2) is 4.06. The number of amides is 1. The topological polar surface area (TPSA) is 41.5 Å².